The minimum atomic E-state index is -0.263. The highest BCUT2D eigenvalue weighted by Gasteiger charge is 2.52. The van der Waals surface area contributed by atoms with Crippen LogP contribution in [0.15, 0.2) is 382 Å². The number of rotatable bonds is 4. The van der Waals surface area contributed by atoms with E-state index in [-0.39, 0.29) is 16.2 Å². The number of para-hydroxylation sites is 4. The van der Waals surface area contributed by atoms with Crippen LogP contribution in [0.25, 0.3) is 99.5 Å². The summed E-state index contributed by atoms with van der Waals surface area (Å²) in [6.45, 7) is 15.5. The van der Waals surface area contributed by atoms with E-state index in [1.54, 1.807) is 0 Å². The van der Waals surface area contributed by atoms with Crippen LogP contribution in [0, 0.1) is 34.6 Å². The van der Waals surface area contributed by atoms with Crippen LogP contribution in [0.5, 0.6) is 0 Å². The monoisotopic (exact) mass is 1380 g/mol. The zero-order valence-corrected chi connectivity index (χ0v) is 62.3. The minimum Gasteiger partial charge on any atom is -0.309 e. The SMILES string of the molecule is Cc1ccc2c(c1)-c1ccccc1C2(C)C.Cc1ccc2c(c1)C(c1ccccc1)(c1ccccc1)c1ccccc1-2.Cc1ccc2c(c1)C1(c3ccccc3-c3ccccc31)c1ccccc1-2.Cc1ccc2c(c1)c1ccccc1n2-c1ccccc1.Cc1ccc2c3ccccc3n(-c3ccccc3)c2c1. The van der Waals surface area contributed by atoms with E-state index in [0.717, 1.165) is 0 Å². The molecule has 108 heavy (non-hydrogen) atoms. The van der Waals surface area contributed by atoms with Gasteiger partial charge in [0.15, 0.2) is 0 Å². The summed E-state index contributed by atoms with van der Waals surface area (Å²) in [6, 6.07) is 139. The van der Waals surface area contributed by atoms with Gasteiger partial charge in [0, 0.05) is 38.3 Å². The molecular weight excluding hydrogens is 1300 g/mol. The lowest BCUT2D eigenvalue weighted by molar-refractivity contribution is 0.660. The van der Waals surface area contributed by atoms with Gasteiger partial charge in [-0.3, -0.25) is 0 Å². The van der Waals surface area contributed by atoms with Crippen LogP contribution in [-0.4, -0.2) is 9.13 Å². The highest BCUT2D eigenvalue weighted by atomic mass is 15.0. The van der Waals surface area contributed by atoms with Gasteiger partial charge >= 0.3 is 0 Å². The van der Waals surface area contributed by atoms with Crippen molar-refractivity contribution in [2.45, 2.75) is 64.7 Å². The van der Waals surface area contributed by atoms with Gasteiger partial charge in [0.1, 0.15) is 0 Å². The first kappa shape index (κ1) is 67.0. The average molecular weight is 1390 g/mol. The molecule has 2 heterocycles. The van der Waals surface area contributed by atoms with Crippen LogP contribution >= 0.6 is 0 Å². The molecule has 0 saturated heterocycles. The molecule has 0 fully saturated rings. The molecule has 16 aromatic carbocycles. The predicted molar refractivity (Wildman–Crippen MR) is 456 cm³/mol. The van der Waals surface area contributed by atoms with E-state index in [1.807, 2.05) is 0 Å². The average Bonchev–Trinajstić information content (AvgIpc) is 1.50. The van der Waals surface area contributed by atoms with E-state index in [2.05, 4.69) is 440 Å². The van der Waals surface area contributed by atoms with E-state index in [4.69, 9.17) is 0 Å². The van der Waals surface area contributed by atoms with Crippen LogP contribution in [0.2, 0.25) is 0 Å². The van der Waals surface area contributed by atoms with Gasteiger partial charge in [-0.1, -0.05) is 364 Å². The first-order valence-electron chi connectivity index (χ1n) is 38.0. The zero-order valence-electron chi connectivity index (χ0n) is 62.3. The highest BCUT2D eigenvalue weighted by Crippen LogP contribution is 2.63. The molecule has 0 amide bonds. The second-order valence-electron chi connectivity index (χ2n) is 30.1. The van der Waals surface area contributed by atoms with Crippen molar-refractivity contribution in [3.63, 3.8) is 0 Å². The molecule has 0 N–H and O–H groups in total. The molecule has 2 aromatic heterocycles. The summed E-state index contributed by atoms with van der Waals surface area (Å²) < 4.78 is 4.68. The lowest BCUT2D eigenvalue weighted by Crippen LogP contribution is -2.28. The van der Waals surface area contributed by atoms with Crippen molar-refractivity contribution in [1.82, 2.24) is 9.13 Å². The van der Waals surface area contributed by atoms with Gasteiger partial charge in [-0.15, -0.1) is 0 Å². The Hall–Kier alpha value is -12.9. The van der Waals surface area contributed by atoms with Gasteiger partial charge < -0.3 is 9.13 Å². The Morgan fingerprint density at radius 2 is 0.491 bits per heavy atom. The van der Waals surface area contributed by atoms with Gasteiger partial charge in [-0.05, 0) is 195 Å². The third kappa shape index (κ3) is 10.9. The van der Waals surface area contributed by atoms with E-state index in [1.165, 1.54) is 183 Å². The Morgan fingerprint density at radius 1 is 0.185 bits per heavy atom. The number of hydrogen-bond acceptors (Lipinski definition) is 0. The predicted octanol–water partition coefficient (Wildman–Crippen LogP) is 27.2. The minimum absolute atomic E-state index is 0.152. The second-order valence-corrected chi connectivity index (χ2v) is 30.1. The number of nitrogens with zero attached hydrogens (tertiary/aromatic N) is 2. The van der Waals surface area contributed by atoms with Gasteiger partial charge in [-0.2, -0.15) is 0 Å². The van der Waals surface area contributed by atoms with Crippen LogP contribution < -0.4 is 0 Å². The normalized spacial score (nSPS) is 13.4. The number of benzene rings is 16. The summed E-state index contributed by atoms with van der Waals surface area (Å²) in [7, 11) is 0. The summed E-state index contributed by atoms with van der Waals surface area (Å²) in [5.74, 6) is 0. The molecule has 2 nitrogen and oxygen atoms in total. The van der Waals surface area contributed by atoms with Crippen LogP contribution in [0.3, 0.4) is 0 Å². The molecule has 518 valence electrons. The van der Waals surface area contributed by atoms with Crippen molar-refractivity contribution in [2.75, 3.05) is 0 Å². The first-order chi connectivity index (χ1) is 52.9. The maximum atomic E-state index is 2.40. The number of aryl methyl sites for hydroxylation is 5. The Kier molecular flexibility index (Phi) is 16.9. The fourth-order valence-electron chi connectivity index (χ4n) is 18.5. The van der Waals surface area contributed by atoms with E-state index in [9.17, 15) is 0 Å². The third-order valence-electron chi connectivity index (χ3n) is 23.2. The molecule has 0 saturated carbocycles. The summed E-state index contributed by atoms with van der Waals surface area (Å²) >= 11 is 0. The molecule has 0 aliphatic heterocycles. The topological polar surface area (TPSA) is 9.86 Å². The Morgan fingerprint density at radius 3 is 0.991 bits per heavy atom. The smallest absolute Gasteiger partial charge is 0.0725 e. The standard InChI is InChI=1S/C26H18.C26H20.2C19H15N.C16H16/c1-17-14-15-21-20-10-4-7-13-24(20)26(25(21)16-17)22-11-5-2-8-18(22)19-9-3-6-12-23(19)26;1-19-16-17-23-22-14-8-9-15-24(22)26(25(23)18-19,20-10-4-2-5-11-20)21-12-6-3-7-13-21;1-14-11-12-19-17(13-14)16-9-5-6-10-18(16)20(19)15-7-3-2-4-8-15;1-14-11-12-17-16-9-5-6-10-18(16)20(19(17)13-14)15-7-3-2-4-8-15;1-11-8-9-15-13(10-11)12-6-4-5-7-14(12)16(15,2)3/h2-16H,1H3;2-18H,1H3;2*2-13H,1H3;4-10H,1-3H3. The molecule has 0 radical (unpaired) electrons. The van der Waals surface area contributed by atoms with E-state index in [0.29, 0.717) is 0 Å². The molecule has 0 atom stereocenters. The number of hydrogen-bond donors (Lipinski definition) is 0. The first-order valence-corrected chi connectivity index (χ1v) is 38.0. The molecule has 1 spiro atoms. The summed E-state index contributed by atoms with van der Waals surface area (Å²) in [5.41, 5.74) is 38.7. The Balaban J connectivity index is 0.0000000962. The molecule has 4 aliphatic rings. The fraction of sp³-hybridized carbons (Fsp3) is 0.0943. The largest absolute Gasteiger partial charge is 0.309 e. The molecular formula is C106H84N2. The van der Waals surface area contributed by atoms with Gasteiger partial charge in [0.25, 0.3) is 0 Å². The van der Waals surface area contributed by atoms with Crippen molar-refractivity contribution in [3.8, 4) is 55.9 Å². The maximum Gasteiger partial charge on any atom is 0.0725 e. The Bertz CT molecular complexity index is 6230. The summed E-state index contributed by atoms with van der Waals surface area (Å²) in [5, 5.41) is 5.26. The number of fused-ring (bicyclic) bond motifs is 22. The van der Waals surface area contributed by atoms with Crippen LogP contribution in [-0.2, 0) is 16.2 Å². The lowest BCUT2D eigenvalue weighted by Gasteiger charge is -2.34. The second kappa shape index (κ2) is 27.2. The van der Waals surface area contributed by atoms with E-state index >= 15 is 0 Å². The quantitative estimate of drug-likeness (QED) is 0.166. The van der Waals surface area contributed by atoms with Crippen molar-refractivity contribution >= 4 is 43.6 Å². The van der Waals surface area contributed by atoms with Gasteiger partial charge in [-0.25, -0.2) is 0 Å². The van der Waals surface area contributed by atoms with Crippen LogP contribution in [0.1, 0.15) is 97.3 Å². The summed E-state index contributed by atoms with van der Waals surface area (Å²) in [6.07, 6.45) is 0. The Labute approximate surface area is 634 Å². The van der Waals surface area contributed by atoms with Crippen molar-refractivity contribution in [1.29, 1.82) is 0 Å². The molecule has 0 unspecified atom stereocenters. The maximum absolute atomic E-state index is 2.40. The molecule has 4 aliphatic carbocycles. The zero-order chi connectivity index (χ0) is 73.3. The van der Waals surface area contributed by atoms with Crippen LogP contribution in [0.4, 0.5) is 0 Å². The van der Waals surface area contributed by atoms with Crippen molar-refractivity contribution < 1.29 is 0 Å². The molecule has 18 aromatic rings. The third-order valence-corrected chi connectivity index (χ3v) is 23.2. The fourth-order valence-corrected chi connectivity index (χ4v) is 18.5. The van der Waals surface area contributed by atoms with Crippen molar-refractivity contribution in [2.24, 2.45) is 0 Å². The van der Waals surface area contributed by atoms with Crippen molar-refractivity contribution in [3.05, 3.63) is 466 Å². The highest BCUT2D eigenvalue weighted by molar-refractivity contribution is 6.10. The van der Waals surface area contributed by atoms with Gasteiger partial charge in [0.05, 0.1) is 32.9 Å². The van der Waals surface area contributed by atoms with Gasteiger partial charge in [0.2, 0.25) is 0 Å². The summed E-state index contributed by atoms with van der Waals surface area (Å²) in [4.78, 5) is 0. The molecule has 0 bridgehead atoms. The lowest BCUT2D eigenvalue weighted by atomic mass is 9.67. The molecule has 22 rings (SSSR count). The number of aromatic nitrogens is 2. The van der Waals surface area contributed by atoms with E-state index < -0.39 is 0 Å². The molecule has 2 heteroatoms.